The summed E-state index contributed by atoms with van der Waals surface area (Å²) >= 11 is 0. The highest BCUT2D eigenvalue weighted by molar-refractivity contribution is 7.86. The third kappa shape index (κ3) is 5.21. The van der Waals surface area contributed by atoms with Crippen molar-refractivity contribution in [2.24, 2.45) is 7.05 Å². The second-order valence-corrected chi connectivity index (χ2v) is 4.57. The summed E-state index contributed by atoms with van der Waals surface area (Å²) in [6, 6.07) is 0. The number of rotatable bonds is 2. The van der Waals surface area contributed by atoms with Crippen molar-refractivity contribution in [3.05, 3.63) is 22.6 Å². The van der Waals surface area contributed by atoms with E-state index >= 15 is 0 Å². The molecule has 110 valence electrons. The van der Waals surface area contributed by atoms with Crippen LogP contribution < -0.4 is 4.57 Å². The Morgan fingerprint density at radius 2 is 1.89 bits per heavy atom. The van der Waals surface area contributed by atoms with Gasteiger partial charge in [0, 0.05) is 0 Å². The molecule has 0 saturated heterocycles. The van der Waals surface area contributed by atoms with Crippen molar-refractivity contribution < 1.29 is 35.6 Å². The molecule has 0 N–H and O–H groups in total. The molecule has 0 aliphatic carbocycles. The van der Waals surface area contributed by atoms with Crippen LogP contribution in [-0.2, 0) is 23.7 Å². The monoisotopic (exact) mass is 305 g/mol. The third-order valence-electron chi connectivity index (χ3n) is 1.80. The first kappa shape index (κ1) is 17.3. The first-order valence-electron chi connectivity index (χ1n) is 4.62. The first-order valence-corrected chi connectivity index (χ1v) is 6.03. The normalized spacial score (nSPS) is 11.7. The van der Waals surface area contributed by atoms with Crippen LogP contribution in [0.3, 0.4) is 0 Å². The Kier molecular flexibility index (Phi) is 5.44. The zero-order chi connectivity index (χ0) is 15.4. The van der Waals surface area contributed by atoms with Gasteiger partial charge >= 0.3 is 11.3 Å². The average Bonchev–Trinajstić information content (AvgIpc) is 2.57. The number of aryl methyl sites for hydroxylation is 2. The van der Waals surface area contributed by atoms with Crippen LogP contribution >= 0.6 is 0 Å². The van der Waals surface area contributed by atoms with E-state index in [1.165, 1.54) is 10.8 Å². The molecule has 0 atom stereocenters. The van der Waals surface area contributed by atoms with Crippen LogP contribution in [0.15, 0.2) is 12.5 Å². The molecule has 0 bridgehead atoms. The fraction of sp³-hybridized carbons (Fsp3) is 0.571. The molecule has 8 nitrogen and oxygen atoms in total. The van der Waals surface area contributed by atoms with Gasteiger partial charge in [-0.2, -0.15) is 17.7 Å². The molecule has 1 heterocycles. The molecule has 1 rings (SSSR count). The number of nitro groups is 1. The molecule has 1 aromatic heterocycles. The maximum Gasteiger partial charge on any atom is 0.485 e. The minimum Gasteiger partial charge on any atom is -0.741 e. The van der Waals surface area contributed by atoms with E-state index < -0.39 is 20.5 Å². The molecular weight excluding hydrogens is 295 g/mol. The van der Waals surface area contributed by atoms with Crippen LogP contribution in [0.2, 0.25) is 0 Å². The van der Waals surface area contributed by atoms with Gasteiger partial charge < -0.3 is 14.7 Å². The molecular formula is C7H10F3N3O5S. The SMILES string of the molecule is CC[n+]1cc([N+](=O)[O-])n(C)c1.O=S(=O)([O-])C(F)(F)F. The van der Waals surface area contributed by atoms with Crippen molar-refractivity contribution >= 4 is 15.9 Å². The summed E-state index contributed by atoms with van der Waals surface area (Å²) in [6.07, 6.45) is 3.21. The van der Waals surface area contributed by atoms with E-state index in [1.54, 1.807) is 17.9 Å². The minimum atomic E-state index is -6.09. The van der Waals surface area contributed by atoms with Gasteiger partial charge in [0.1, 0.15) is 0 Å². The lowest BCUT2D eigenvalue weighted by atomic mass is 10.7. The summed E-state index contributed by atoms with van der Waals surface area (Å²) in [4.78, 5) is 9.93. The number of halogens is 3. The summed E-state index contributed by atoms with van der Waals surface area (Å²) in [5.74, 6) is 0.117. The average molecular weight is 305 g/mol. The molecule has 0 amide bonds. The number of hydrogen-bond acceptors (Lipinski definition) is 5. The molecule has 0 aliphatic heterocycles. The van der Waals surface area contributed by atoms with Crippen molar-refractivity contribution in [3.8, 4) is 0 Å². The van der Waals surface area contributed by atoms with E-state index in [9.17, 15) is 23.3 Å². The predicted octanol–water partition coefficient (Wildman–Crippen LogP) is 0.292. The Labute approximate surface area is 106 Å². The number of imidazole rings is 1. The zero-order valence-electron chi connectivity index (χ0n) is 9.79. The van der Waals surface area contributed by atoms with Crippen molar-refractivity contribution in [2.75, 3.05) is 0 Å². The Morgan fingerprint density at radius 3 is 2.05 bits per heavy atom. The Bertz CT molecular complexity index is 551. The van der Waals surface area contributed by atoms with Crippen molar-refractivity contribution in [1.82, 2.24) is 4.57 Å². The van der Waals surface area contributed by atoms with E-state index in [1.807, 2.05) is 6.92 Å². The van der Waals surface area contributed by atoms with Crippen molar-refractivity contribution in [3.63, 3.8) is 0 Å². The molecule has 0 radical (unpaired) electrons. The minimum absolute atomic E-state index is 0.117. The van der Waals surface area contributed by atoms with Crippen LogP contribution in [0.1, 0.15) is 6.92 Å². The van der Waals surface area contributed by atoms with Gasteiger partial charge in [-0.3, -0.25) is 0 Å². The van der Waals surface area contributed by atoms with Gasteiger partial charge in [-0.05, 0) is 11.8 Å². The van der Waals surface area contributed by atoms with Gasteiger partial charge in [0.15, 0.2) is 16.3 Å². The summed E-state index contributed by atoms with van der Waals surface area (Å²) in [7, 11) is -4.43. The quantitative estimate of drug-likeness (QED) is 0.256. The predicted molar refractivity (Wildman–Crippen MR) is 53.7 cm³/mol. The van der Waals surface area contributed by atoms with Crippen molar-refractivity contribution in [1.29, 1.82) is 0 Å². The summed E-state index contributed by atoms with van der Waals surface area (Å²) in [6.45, 7) is 2.69. The molecule has 1 aromatic rings. The van der Waals surface area contributed by atoms with Gasteiger partial charge in [0.2, 0.25) is 6.33 Å². The molecule has 0 saturated carbocycles. The Morgan fingerprint density at radius 1 is 1.47 bits per heavy atom. The standard InChI is InChI=1S/C6H10N3O2.CHF3O3S/c1-3-8-4-6(9(10)11)7(2)5-8;2-1(3,4)8(5,6)7/h4-5H,3H2,1-2H3;(H,5,6,7)/q+1;/p-1. The fourth-order valence-corrected chi connectivity index (χ4v) is 0.903. The van der Waals surface area contributed by atoms with E-state index in [0.29, 0.717) is 0 Å². The molecule has 0 spiro atoms. The van der Waals surface area contributed by atoms with E-state index in [4.69, 9.17) is 13.0 Å². The van der Waals surface area contributed by atoms with Crippen LogP contribution in [0.25, 0.3) is 0 Å². The maximum atomic E-state index is 10.7. The highest BCUT2D eigenvalue weighted by atomic mass is 32.2. The second kappa shape index (κ2) is 5.97. The lowest BCUT2D eigenvalue weighted by Gasteiger charge is -2.08. The number of hydrogen-bond donors (Lipinski definition) is 0. The van der Waals surface area contributed by atoms with Gasteiger partial charge in [0.05, 0.1) is 13.6 Å². The molecule has 0 fully saturated rings. The zero-order valence-corrected chi connectivity index (χ0v) is 10.6. The molecule has 0 aliphatic rings. The van der Waals surface area contributed by atoms with E-state index in [2.05, 4.69) is 0 Å². The number of alkyl halides is 3. The van der Waals surface area contributed by atoms with Gasteiger partial charge in [-0.1, -0.05) is 0 Å². The van der Waals surface area contributed by atoms with Crippen LogP contribution in [0, 0.1) is 10.1 Å². The smallest absolute Gasteiger partial charge is 0.485 e. The summed E-state index contributed by atoms with van der Waals surface area (Å²) < 4.78 is 62.2. The van der Waals surface area contributed by atoms with Gasteiger partial charge in [-0.25, -0.2) is 13.0 Å². The van der Waals surface area contributed by atoms with Crippen LogP contribution in [0.5, 0.6) is 0 Å². The Hall–Kier alpha value is -1.69. The van der Waals surface area contributed by atoms with Crippen LogP contribution in [0.4, 0.5) is 19.0 Å². The molecule has 19 heavy (non-hydrogen) atoms. The van der Waals surface area contributed by atoms with Gasteiger partial charge in [-0.15, -0.1) is 0 Å². The van der Waals surface area contributed by atoms with Crippen LogP contribution in [-0.4, -0.2) is 28.0 Å². The maximum absolute atomic E-state index is 10.7. The lowest BCUT2D eigenvalue weighted by Crippen LogP contribution is -2.28. The molecule has 0 aromatic carbocycles. The van der Waals surface area contributed by atoms with E-state index in [-0.39, 0.29) is 5.82 Å². The molecule has 12 heteroatoms. The summed E-state index contributed by atoms with van der Waals surface area (Å²) in [5, 5.41) is 10.3. The van der Waals surface area contributed by atoms with Gasteiger partial charge in [0.25, 0.3) is 0 Å². The molecule has 0 unspecified atom stereocenters. The fourth-order valence-electron chi connectivity index (χ4n) is 0.903. The lowest BCUT2D eigenvalue weighted by molar-refractivity contribution is -0.694. The first-order chi connectivity index (χ1) is 8.40. The van der Waals surface area contributed by atoms with E-state index in [0.717, 1.165) is 6.54 Å². The number of nitrogens with zero attached hydrogens (tertiary/aromatic N) is 3. The summed E-state index contributed by atoms with van der Waals surface area (Å²) in [5.41, 5.74) is -5.65. The van der Waals surface area contributed by atoms with Crippen molar-refractivity contribution in [2.45, 2.75) is 19.0 Å². The largest absolute Gasteiger partial charge is 0.741 e. The second-order valence-electron chi connectivity index (χ2n) is 3.20. The highest BCUT2D eigenvalue weighted by Gasteiger charge is 2.36. The topological polar surface area (TPSA) is 109 Å². The Balaban J connectivity index is 0.000000362. The highest BCUT2D eigenvalue weighted by Crippen LogP contribution is 2.20. The number of aromatic nitrogens is 2. The third-order valence-corrected chi connectivity index (χ3v) is 2.37.